The highest BCUT2D eigenvalue weighted by molar-refractivity contribution is 6.13. The van der Waals surface area contributed by atoms with Crippen LogP contribution in [-0.4, -0.2) is 78.1 Å². The van der Waals surface area contributed by atoms with E-state index in [1.54, 1.807) is 0 Å². The number of aliphatic imine (C=N–C) groups is 2. The van der Waals surface area contributed by atoms with Gasteiger partial charge in [-0.1, -0.05) is 24.3 Å². The average molecular weight is 355 g/mol. The van der Waals surface area contributed by atoms with Crippen LogP contribution >= 0.6 is 0 Å². The fraction of sp³-hybridized carbons (Fsp3) is 0.400. The molecule has 6 heteroatoms. The SMILES string of the molecule is C/N=C(\N(C)C)N(C)c1cccc2cccc(N(C)/C(=N/C)N(C)C)c12. The monoisotopic (exact) mass is 354 g/mol. The van der Waals surface area contributed by atoms with Gasteiger partial charge in [-0.15, -0.1) is 0 Å². The van der Waals surface area contributed by atoms with Crippen molar-refractivity contribution in [1.29, 1.82) is 0 Å². The Labute approximate surface area is 157 Å². The number of hydrogen-bond acceptors (Lipinski definition) is 2. The molecule has 0 spiro atoms. The zero-order valence-electron chi connectivity index (χ0n) is 17.1. The summed E-state index contributed by atoms with van der Waals surface area (Å²) in [5, 5.41) is 2.35. The molecule has 0 heterocycles. The van der Waals surface area contributed by atoms with Gasteiger partial charge in [0.15, 0.2) is 11.9 Å². The van der Waals surface area contributed by atoms with E-state index in [1.807, 2.05) is 52.1 Å². The molecule has 2 aromatic rings. The smallest absolute Gasteiger partial charge is 0.200 e. The van der Waals surface area contributed by atoms with E-state index in [2.05, 4.69) is 70.3 Å². The molecule has 140 valence electrons. The Hall–Kier alpha value is -2.76. The maximum Gasteiger partial charge on any atom is 0.200 e. The van der Waals surface area contributed by atoms with Crippen molar-refractivity contribution in [2.75, 3.05) is 66.2 Å². The molecule has 0 aliphatic carbocycles. The van der Waals surface area contributed by atoms with Crippen molar-refractivity contribution in [2.45, 2.75) is 0 Å². The van der Waals surface area contributed by atoms with Gasteiger partial charge in [-0.3, -0.25) is 9.98 Å². The van der Waals surface area contributed by atoms with Gasteiger partial charge in [0, 0.05) is 61.8 Å². The second-order valence-electron chi connectivity index (χ2n) is 6.61. The molecule has 0 unspecified atom stereocenters. The van der Waals surface area contributed by atoms with Crippen LogP contribution in [0.25, 0.3) is 10.8 Å². The maximum atomic E-state index is 4.45. The lowest BCUT2D eigenvalue weighted by atomic mass is 10.1. The number of hydrogen-bond donors (Lipinski definition) is 0. The summed E-state index contributed by atoms with van der Waals surface area (Å²) >= 11 is 0. The number of guanidine groups is 2. The first-order valence-corrected chi connectivity index (χ1v) is 8.60. The lowest BCUT2D eigenvalue weighted by Gasteiger charge is -2.31. The van der Waals surface area contributed by atoms with Crippen molar-refractivity contribution >= 4 is 34.1 Å². The van der Waals surface area contributed by atoms with Gasteiger partial charge in [0.1, 0.15) is 0 Å². The van der Waals surface area contributed by atoms with Gasteiger partial charge >= 0.3 is 0 Å². The highest BCUT2D eigenvalue weighted by atomic mass is 15.4. The van der Waals surface area contributed by atoms with Crippen molar-refractivity contribution in [3.63, 3.8) is 0 Å². The molecule has 2 aromatic carbocycles. The van der Waals surface area contributed by atoms with Crippen LogP contribution in [0, 0.1) is 0 Å². The van der Waals surface area contributed by atoms with E-state index in [1.165, 1.54) is 10.8 Å². The molecule has 0 aromatic heterocycles. The summed E-state index contributed by atoms with van der Waals surface area (Å²) in [5.41, 5.74) is 2.21. The Kier molecular flexibility index (Phi) is 6.08. The fourth-order valence-corrected chi connectivity index (χ4v) is 3.38. The van der Waals surface area contributed by atoms with Crippen molar-refractivity contribution in [1.82, 2.24) is 9.80 Å². The largest absolute Gasteiger partial charge is 0.349 e. The summed E-state index contributed by atoms with van der Waals surface area (Å²) in [5.74, 6) is 1.79. The maximum absolute atomic E-state index is 4.45. The first-order chi connectivity index (χ1) is 12.3. The molecule has 0 fully saturated rings. The normalized spacial score (nSPS) is 12.3. The zero-order valence-corrected chi connectivity index (χ0v) is 17.1. The quantitative estimate of drug-likeness (QED) is 0.614. The molecule has 0 aliphatic rings. The number of rotatable bonds is 2. The molecule has 0 bridgehead atoms. The number of nitrogens with zero attached hydrogens (tertiary/aromatic N) is 6. The first-order valence-electron chi connectivity index (χ1n) is 8.60. The number of fused-ring (bicyclic) bond motifs is 1. The Morgan fingerprint density at radius 3 is 1.35 bits per heavy atom. The second kappa shape index (κ2) is 8.08. The molecule has 0 saturated carbocycles. The van der Waals surface area contributed by atoms with E-state index in [9.17, 15) is 0 Å². The van der Waals surface area contributed by atoms with E-state index in [0.29, 0.717) is 0 Å². The van der Waals surface area contributed by atoms with Crippen molar-refractivity contribution in [3.05, 3.63) is 36.4 Å². The third kappa shape index (κ3) is 3.59. The molecule has 0 saturated heterocycles. The van der Waals surface area contributed by atoms with Crippen molar-refractivity contribution in [2.24, 2.45) is 9.98 Å². The fourth-order valence-electron chi connectivity index (χ4n) is 3.38. The predicted molar refractivity (Wildman–Crippen MR) is 115 cm³/mol. The molecule has 2 rings (SSSR count). The van der Waals surface area contributed by atoms with Gasteiger partial charge in [0.25, 0.3) is 0 Å². The standard InChI is InChI=1S/C20H30N6/c1-21-19(23(3)4)25(7)16-13-9-11-15-12-10-14-17(18(15)16)26(8)20(22-2)24(5)6/h9-14H,1-8H3/b21-19+,22-20+. The molecule has 0 aliphatic heterocycles. The molecule has 26 heavy (non-hydrogen) atoms. The summed E-state index contributed by atoms with van der Waals surface area (Å²) in [7, 11) is 15.8. The number of benzene rings is 2. The minimum absolute atomic E-state index is 0.895. The van der Waals surface area contributed by atoms with Gasteiger partial charge in [-0.05, 0) is 17.5 Å². The molecule has 6 nitrogen and oxygen atoms in total. The molecule has 0 atom stereocenters. The summed E-state index contributed by atoms with van der Waals surface area (Å²) in [6.45, 7) is 0. The van der Waals surface area contributed by atoms with Crippen LogP contribution in [0.2, 0.25) is 0 Å². The van der Waals surface area contributed by atoms with Crippen LogP contribution in [0.3, 0.4) is 0 Å². The van der Waals surface area contributed by atoms with Crippen LogP contribution in [0.4, 0.5) is 11.4 Å². The highest BCUT2D eigenvalue weighted by Gasteiger charge is 2.19. The second-order valence-corrected chi connectivity index (χ2v) is 6.61. The lowest BCUT2D eigenvalue weighted by Crippen LogP contribution is -2.39. The van der Waals surface area contributed by atoms with Gasteiger partial charge < -0.3 is 19.6 Å². The predicted octanol–water partition coefficient (Wildman–Crippen LogP) is 2.81. The minimum Gasteiger partial charge on any atom is -0.349 e. The van der Waals surface area contributed by atoms with Gasteiger partial charge in [0.05, 0.1) is 11.4 Å². The van der Waals surface area contributed by atoms with E-state index >= 15 is 0 Å². The summed E-state index contributed by atoms with van der Waals surface area (Å²) in [6, 6.07) is 12.7. The molecular formula is C20H30N6. The number of anilines is 2. The average Bonchev–Trinajstić information content (AvgIpc) is 2.60. The summed E-state index contributed by atoms with van der Waals surface area (Å²) < 4.78 is 0. The third-order valence-corrected chi connectivity index (χ3v) is 4.38. The van der Waals surface area contributed by atoms with Gasteiger partial charge in [-0.25, -0.2) is 0 Å². The van der Waals surface area contributed by atoms with Crippen LogP contribution < -0.4 is 9.80 Å². The zero-order chi connectivity index (χ0) is 19.4. The molecule has 0 radical (unpaired) electrons. The van der Waals surface area contributed by atoms with E-state index in [4.69, 9.17) is 0 Å². The molecule has 0 N–H and O–H groups in total. The minimum atomic E-state index is 0.895. The Morgan fingerprint density at radius 2 is 1.04 bits per heavy atom. The summed E-state index contributed by atoms with van der Waals surface area (Å²) in [4.78, 5) is 17.2. The summed E-state index contributed by atoms with van der Waals surface area (Å²) in [6.07, 6.45) is 0. The van der Waals surface area contributed by atoms with E-state index in [0.717, 1.165) is 23.3 Å². The van der Waals surface area contributed by atoms with E-state index in [-0.39, 0.29) is 0 Å². The van der Waals surface area contributed by atoms with Crippen molar-refractivity contribution in [3.8, 4) is 0 Å². The first kappa shape index (κ1) is 19.6. The topological polar surface area (TPSA) is 37.7 Å². The Morgan fingerprint density at radius 1 is 0.654 bits per heavy atom. The Balaban J connectivity index is 2.72. The third-order valence-electron chi connectivity index (χ3n) is 4.38. The lowest BCUT2D eigenvalue weighted by molar-refractivity contribution is 0.607. The molecular weight excluding hydrogens is 324 g/mol. The highest BCUT2D eigenvalue weighted by Crippen LogP contribution is 2.35. The van der Waals surface area contributed by atoms with Crippen LogP contribution in [0.15, 0.2) is 46.4 Å². The van der Waals surface area contributed by atoms with Gasteiger partial charge in [-0.2, -0.15) is 0 Å². The van der Waals surface area contributed by atoms with Crippen LogP contribution in [0.5, 0.6) is 0 Å². The van der Waals surface area contributed by atoms with E-state index < -0.39 is 0 Å². The van der Waals surface area contributed by atoms with Crippen molar-refractivity contribution < 1.29 is 0 Å². The van der Waals surface area contributed by atoms with Crippen LogP contribution in [-0.2, 0) is 0 Å². The molecule has 0 amide bonds. The van der Waals surface area contributed by atoms with Crippen LogP contribution in [0.1, 0.15) is 0 Å². The van der Waals surface area contributed by atoms with Gasteiger partial charge in [0.2, 0.25) is 0 Å². The Bertz CT molecular complexity index is 757.